The van der Waals surface area contributed by atoms with Gasteiger partial charge in [-0.3, -0.25) is 0 Å². The molecule has 0 saturated carbocycles. The second kappa shape index (κ2) is 8.13. The van der Waals surface area contributed by atoms with Gasteiger partial charge in [-0.15, -0.1) is 0 Å². The van der Waals surface area contributed by atoms with Gasteiger partial charge in [0.1, 0.15) is 5.60 Å². The highest BCUT2D eigenvalue weighted by Gasteiger charge is 2.26. The van der Waals surface area contributed by atoms with Gasteiger partial charge in [-0.05, 0) is 63.4 Å². The summed E-state index contributed by atoms with van der Waals surface area (Å²) in [4.78, 5) is 22.1. The molecule has 0 spiro atoms. The predicted octanol–water partition coefficient (Wildman–Crippen LogP) is 4.61. The standard InChI is InChI=1S/C20H25ClN4O2/c1-20(2,3)27-19(26)25-11-8-15(9-12-25)23-16-6-4-5-14(13-16)17-7-10-22-18(21)24-17/h4-7,10,13,15,23H,8-9,11-12H2,1-3H3. The minimum absolute atomic E-state index is 0.233. The molecule has 0 unspecified atom stereocenters. The smallest absolute Gasteiger partial charge is 0.410 e. The Labute approximate surface area is 164 Å². The Morgan fingerprint density at radius 3 is 2.67 bits per heavy atom. The van der Waals surface area contributed by atoms with Gasteiger partial charge in [0, 0.05) is 36.6 Å². The van der Waals surface area contributed by atoms with Crippen molar-refractivity contribution in [3.8, 4) is 11.3 Å². The number of benzene rings is 1. The first-order valence-electron chi connectivity index (χ1n) is 9.13. The van der Waals surface area contributed by atoms with E-state index in [1.807, 2.05) is 45.0 Å². The summed E-state index contributed by atoms with van der Waals surface area (Å²) in [5.74, 6) is 0. The molecule has 3 rings (SSSR count). The van der Waals surface area contributed by atoms with Gasteiger partial charge >= 0.3 is 6.09 Å². The third-order valence-electron chi connectivity index (χ3n) is 4.30. The van der Waals surface area contributed by atoms with E-state index in [-0.39, 0.29) is 11.4 Å². The molecule has 1 N–H and O–H groups in total. The second-order valence-electron chi connectivity index (χ2n) is 7.68. The first-order valence-corrected chi connectivity index (χ1v) is 9.51. The Morgan fingerprint density at radius 2 is 2.00 bits per heavy atom. The Morgan fingerprint density at radius 1 is 1.26 bits per heavy atom. The summed E-state index contributed by atoms with van der Waals surface area (Å²) in [6, 6.07) is 10.2. The molecule has 0 aliphatic carbocycles. The quantitative estimate of drug-likeness (QED) is 0.778. The molecule has 1 aliphatic rings. The lowest BCUT2D eigenvalue weighted by Crippen LogP contribution is -2.44. The number of nitrogens with one attached hydrogen (secondary N) is 1. The van der Waals surface area contributed by atoms with E-state index in [1.54, 1.807) is 11.1 Å². The average molecular weight is 389 g/mol. The first kappa shape index (κ1) is 19.4. The molecule has 144 valence electrons. The van der Waals surface area contributed by atoms with Gasteiger partial charge in [-0.1, -0.05) is 12.1 Å². The summed E-state index contributed by atoms with van der Waals surface area (Å²) in [7, 11) is 0. The summed E-state index contributed by atoms with van der Waals surface area (Å²) in [6.07, 6.45) is 3.17. The van der Waals surface area contributed by atoms with Crippen LogP contribution in [0.1, 0.15) is 33.6 Å². The lowest BCUT2D eigenvalue weighted by Gasteiger charge is -2.34. The van der Waals surface area contributed by atoms with Crippen LogP contribution < -0.4 is 5.32 Å². The Kier molecular flexibility index (Phi) is 5.85. The van der Waals surface area contributed by atoms with Crippen molar-refractivity contribution in [2.24, 2.45) is 0 Å². The van der Waals surface area contributed by atoms with E-state index < -0.39 is 5.60 Å². The fraction of sp³-hybridized carbons (Fsp3) is 0.450. The fourth-order valence-corrected chi connectivity index (χ4v) is 3.18. The molecule has 2 aromatic rings. The van der Waals surface area contributed by atoms with Crippen LogP contribution in [0.2, 0.25) is 5.28 Å². The number of likely N-dealkylation sites (tertiary alicyclic amines) is 1. The SMILES string of the molecule is CC(C)(C)OC(=O)N1CCC(Nc2cccc(-c3ccnc(Cl)n3)c2)CC1. The molecule has 1 aromatic carbocycles. The highest BCUT2D eigenvalue weighted by atomic mass is 35.5. The fourth-order valence-electron chi connectivity index (χ4n) is 3.03. The summed E-state index contributed by atoms with van der Waals surface area (Å²) < 4.78 is 5.45. The van der Waals surface area contributed by atoms with Gasteiger partial charge in [0.2, 0.25) is 5.28 Å². The Bertz CT molecular complexity index is 799. The van der Waals surface area contributed by atoms with Crippen LogP contribution in [0.3, 0.4) is 0 Å². The molecule has 1 saturated heterocycles. The number of carbonyl (C=O) groups is 1. The molecule has 1 aromatic heterocycles. The summed E-state index contributed by atoms with van der Waals surface area (Å²) >= 11 is 5.89. The zero-order valence-corrected chi connectivity index (χ0v) is 16.7. The second-order valence-corrected chi connectivity index (χ2v) is 8.02. The van der Waals surface area contributed by atoms with Gasteiger partial charge in [-0.25, -0.2) is 14.8 Å². The largest absolute Gasteiger partial charge is 0.444 e. The third-order valence-corrected chi connectivity index (χ3v) is 4.48. The van der Waals surface area contributed by atoms with Crippen LogP contribution in [0.25, 0.3) is 11.3 Å². The van der Waals surface area contributed by atoms with Gasteiger partial charge in [0.05, 0.1) is 5.69 Å². The molecular weight excluding hydrogens is 364 g/mol. The average Bonchev–Trinajstić information content (AvgIpc) is 2.61. The van der Waals surface area contributed by atoms with Crippen LogP contribution in [-0.4, -0.2) is 45.7 Å². The molecule has 1 amide bonds. The molecule has 1 aliphatic heterocycles. The number of ether oxygens (including phenoxy) is 1. The third kappa shape index (κ3) is 5.57. The van der Waals surface area contributed by atoms with E-state index in [2.05, 4.69) is 21.4 Å². The maximum Gasteiger partial charge on any atom is 0.410 e. The Balaban J connectivity index is 1.58. The molecule has 1 fully saturated rings. The topological polar surface area (TPSA) is 67.3 Å². The Hall–Kier alpha value is -2.34. The maximum absolute atomic E-state index is 12.2. The first-order chi connectivity index (χ1) is 12.8. The van der Waals surface area contributed by atoms with Crippen molar-refractivity contribution < 1.29 is 9.53 Å². The highest BCUT2D eigenvalue weighted by molar-refractivity contribution is 6.28. The van der Waals surface area contributed by atoms with Crippen LogP contribution in [0, 0.1) is 0 Å². The van der Waals surface area contributed by atoms with Crippen LogP contribution >= 0.6 is 11.6 Å². The van der Waals surface area contributed by atoms with Crippen LogP contribution in [0.5, 0.6) is 0 Å². The number of rotatable bonds is 3. The van der Waals surface area contributed by atoms with Crippen molar-refractivity contribution in [3.05, 3.63) is 41.8 Å². The van der Waals surface area contributed by atoms with E-state index in [4.69, 9.17) is 16.3 Å². The summed E-state index contributed by atoms with van der Waals surface area (Å²) in [6.45, 7) is 7.03. The minimum atomic E-state index is -0.462. The predicted molar refractivity (Wildman–Crippen MR) is 107 cm³/mol. The van der Waals surface area contributed by atoms with Gasteiger partial charge in [0.15, 0.2) is 0 Å². The molecule has 0 atom stereocenters. The van der Waals surface area contributed by atoms with Gasteiger partial charge in [-0.2, -0.15) is 0 Å². The molecular formula is C20H25ClN4O2. The van der Waals surface area contributed by atoms with Crippen LogP contribution in [-0.2, 0) is 4.74 Å². The number of hydrogen-bond donors (Lipinski definition) is 1. The molecule has 0 radical (unpaired) electrons. The van der Waals surface area contributed by atoms with Gasteiger partial charge in [0.25, 0.3) is 0 Å². The van der Waals surface area contributed by atoms with Crippen molar-refractivity contribution in [1.82, 2.24) is 14.9 Å². The monoisotopic (exact) mass is 388 g/mol. The summed E-state index contributed by atoms with van der Waals surface area (Å²) in [5, 5.41) is 3.79. The van der Waals surface area contributed by atoms with E-state index in [1.165, 1.54) is 0 Å². The van der Waals surface area contributed by atoms with Crippen molar-refractivity contribution in [2.45, 2.75) is 45.3 Å². The molecule has 2 heterocycles. The number of anilines is 1. The molecule has 7 heteroatoms. The van der Waals surface area contributed by atoms with Crippen molar-refractivity contribution in [2.75, 3.05) is 18.4 Å². The number of piperidine rings is 1. The minimum Gasteiger partial charge on any atom is -0.444 e. The number of carbonyl (C=O) groups excluding carboxylic acids is 1. The lowest BCUT2D eigenvalue weighted by molar-refractivity contribution is 0.0210. The molecule has 6 nitrogen and oxygen atoms in total. The highest BCUT2D eigenvalue weighted by Crippen LogP contribution is 2.24. The normalized spacial score (nSPS) is 15.5. The van der Waals surface area contributed by atoms with E-state index >= 15 is 0 Å². The number of nitrogens with zero attached hydrogens (tertiary/aromatic N) is 3. The zero-order chi connectivity index (χ0) is 19.4. The maximum atomic E-state index is 12.2. The lowest BCUT2D eigenvalue weighted by atomic mass is 10.0. The van der Waals surface area contributed by atoms with E-state index in [0.29, 0.717) is 19.1 Å². The number of amides is 1. The molecule has 0 bridgehead atoms. The van der Waals surface area contributed by atoms with Crippen LogP contribution in [0.4, 0.5) is 10.5 Å². The number of aromatic nitrogens is 2. The number of hydrogen-bond acceptors (Lipinski definition) is 5. The number of halogens is 1. The van der Waals surface area contributed by atoms with Crippen molar-refractivity contribution in [1.29, 1.82) is 0 Å². The van der Waals surface area contributed by atoms with E-state index in [9.17, 15) is 4.79 Å². The van der Waals surface area contributed by atoms with E-state index in [0.717, 1.165) is 29.8 Å². The van der Waals surface area contributed by atoms with Gasteiger partial charge < -0.3 is 15.0 Å². The van der Waals surface area contributed by atoms with Crippen LogP contribution in [0.15, 0.2) is 36.5 Å². The van der Waals surface area contributed by atoms with Crippen molar-refractivity contribution >= 4 is 23.4 Å². The zero-order valence-electron chi connectivity index (χ0n) is 15.9. The summed E-state index contributed by atoms with van der Waals surface area (Å²) in [5.41, 5.74) is 2.34. The molecule has 27 heavy (non-hydrogen) atoms. The van der Waals surface area contributed by atoms with Crippen molar-refractivity contribution in [3.63, 3.8) is 0 Å².